The van der Waals surface area contributed by atoms with Crippen LogP contribution in [0.25, 0.3) is 98.8 Å². The molecule has 0 aliphatic heterocycles. The first-order valence-corrected chi connectivity index (χ1v) is 21.5. The van der Waals surface area contributed by atoms with Crippen molar-refractivity contribution in [3.63, 3.8) is 0 Å². The summed E-state index contributed by atoms with van der Waals surface area (Å²) in [7, 11) is 0. The zero-order chi connectivity index (χ0) is 41.8. The molecule has 11 aromatic rings. The maximum absolute atomic E-state index is 7.52. The van der Waals surface area contributed by atoms with E-state index < -0.39 is 0 Å². The third-order valence-electron chi connectivity index (χ3n) is 13.0. The first-order valence-electron chi connectivity index (χ1n) is 21.5. The Bertz CT molecular complexity index is 3300. The van der Waals surface area contributed by atoms with E-state index in [1.807, 2.05) is 0 Å². The fourth-order valence-corrected chi connectivity index (χ4v) is 9.88. The predicted molar refractivity (Wildman–Crippen MR) is 263 cm³/mol. The topological polar surface area (TPSA) is 35.9 Å². The number of rotatable bonds is 4. The fraction of sp³-hybridized carbons (Fsp3) is 0.138. The van der Waals surface area contributed by atoms with Crippen LogP contribution >= 0.6 is 0 Å². The molecule has 2 N–H and O–H groups in total. The number of hydrogen-bond donors (Lipinski definition) is 1. The van der Waals surface area contributed by atoms with Crippen LogP contribution in [-0.2, 0) is 10.8 Å². The van der Waals surface area contributed by atoms with Crippen molar-refractivity contribution in [3.8, 4) is 33.6 Å². The van der Waals surface area contributed by atoms with Crippen molar-refractivity contribution in [2.75, 3.05) is 5.73 Å². The van der Waals surface area contributed by atoms with E-state index in [1.165, 1.54) is 76.3 Å². The molecule has 2 aromatic heterocycles. The van der Waals surface area contributed by atoms with Crippen LogP contribution in [0.2, 0.25) is 0 Å². The molecule has 0 saturated carbocycles. The molecule has 61 heavy (non-hydrogen) atoms. The van der Waals surface area contributed by atoms with Crippen molar-refractivity contribution in [2.24, 2.45) is 0 Å². The van der Waals surface area contributed by atoms with Gasteiger partial charge in [0.1, 0.15) is 0 Å². The summed E-state index contributed by atoms with van der Waals surface area (Å²) in [5, 5.41) is 9.62. The van der Waals surface area contributed by atoms with Gasteiger partial charge in [0, 0.05) is 60.5 Å². The maximum atomic E-state index is 7.52. The van der Waals surface area contributed by atoms with Crippen LogP contribution < -0.4 is 5.73 Å². The molecule has 0 amide bonds. The summed E-state index contributed by atoms with van der Waals surface area (Å²) in [6.45, 7) is 13.6. The predicted octanol–water partition coefficient (Wildman–Crippen LogP) is 15.7. The lowest BCUT2D eigenvalue weighted by atomic mass is 9.87. The molecule has 3 heteroatoms. The monoisotopic (exact) mass is 787 g/mol. The molecule has 296 valence electrons. The van der Waals surface area contributed by atoms with Gasteiger partial charge in [-0.2, -0.15) is 0 Å². The molecule has 2 heterocycles. The molecule has 0 aliphatic rings. The van der Waals surface area contributed by atoms with Crippen LogP contribution in [-0.4, -0.2) is 9.13 Å². The molecule has 0 aliphatic carbocycles. The Morgan fingerprint density at radius 1 is 0.328 bits per heavy atom. The lowest BCUT2D eigenvalue weighted by Crippen LogP contribution is -2.10. The third-order valence-corrected chi connectivity index (χ3v) is 13.0. The van der Waals surface area contributed by atoms with Gasteiger partial charge in [-0.25, -0.2) is 0 Å². The van der Waals surface area contributed by atoms with Crippen LogP contribution in [0.1, 0.15) is 52.7 Å². The summed E-state index contributed by atoms with van der Waals surface area (Å²) in [5.74, 6) is 0. The average Bonchev–Trinajstić information content (AvgIpc) is 3.79. The largest absolute Gasteiger partial charge is 0.398 e. The normalized spacial score (nSPS) is 12.5. The van der Waals surface area contributed by atoms with Crippen molar-refractivity contribution in [3.05, 3.63) is 187 Å². The number of benzene rings is 9. The number of anilines is 1. The molecule has 0 radical (unpaired) electrons. The molecule has 11 rings (SSSR count). The van der Waals surface area contributed by atoms with Gasteiger partial charge in [-0.1, -0.05) is 169 Å². The molecule has 0 bridgehead atoms. The van der Waals surface area contributed by atoms with Gasteiger partial charge in [0.05, 0.1) is 22.1 Å². The van der Waals surface area contributed by atoms with Crippen LogP contribution in [0.3, 0.4) is 0 Å². The van der Waals surface area contributed by atoms with Crippen molar-refractivity contribution >= 4 is 70.8 Å². The number of nitrogens with two attached hydrogens (primary N) is 1. The van der Waals surface area contributed by atoms with E-state index in [2.05, 4.69) is 227 Å². The summed E-state index contributed by atoms with van der Waals surface area (Å²) in [5.41, 5.74) is 22.5. The highest BCUT2D eigenvalue weighted by molar-refractivity contribution is 6.24. The second kappa shape index (κ2) is 13.5. The summed E-state index contributed by atoms with van der Waals surface area (Å²) < 4.78 is 4.89. The van der Waals surface area contributed by atoms with Gasteiger partial charge in [0.25, 0.3) is 0 Å². The van der Waals surface area contributed by atoms with Gasteiger partial charge in [0.15, 0.2) is 0 Å². The minimum absolute atomic E-state index is 0.0747. The first kappa shape index (κ1) is 36.9. The summed E-state index contributed by atoms with van der Waals surface area (Å²) >= 11 is 0. The summed E-state index contributed by atoms with van der Waals surface area (Å²) in [6.07, 6.45) is 0. The van der Waals surface area contributed by atoms with E-state index in [0.717, 1.165) is 39.3 Å². The lowest BCUT2D eigenvalue weighted by molar-refractivity contribution is 0.590. The van der Waals surface area contributed by atoms with Crippen LogP contribution in [0, 0.1) is 0 Å². The van der Waals surface area contributed by atoms with Gasteiger partial charge < -0.3 is 14.9 Å². The van der Waals surface area contributed by atoms with Gasteiger partial charge in [-0.15, -0.1) is 0 Å². The highest BCUT2D eigenvalue weighted by Gasteiger charge is 2.23. The number of hydrogen-bond acceptors (Lipinski definition) is 1. The minimum Gasteiger partial charge on any atom is -0.398 e. The minimum atomic E-state index is 0.0747. The van der Waals surface area contributed by atoms with E-state index in [-0.39, 0.29) is 10.8 Å². The Kier molecular flexibility index (Phi) is 8.15. The second-order valence-corrected chi connectivity index (χ2v) is 18.8. The zero-order valence-electron chi connectivity index (χ0n) is 35.7. The smallest absolute Gasteiger partial charge is 0.0619 e. The number of nitrogen functional groups attached to an aromatic ring is 1. The van der Waals surface area contributed by atoms with E-state index in [4.69, 9.17) is 5.73 Å². The molecule has 0 spiro atoms. The third kappa shape index (κ3) is 5.71. The van der Waals surface area contributed by atoms with E-state index in [1.54, 1.807) is 0 Å². The number of nitrogens with zero attached hydrogens (tertiary/aromatic N) is 2. The molecule has 0 atom stereocenters. The Labute approximate surface area is 357 Å². The van der Waals surface area contributed by atoms with Crippen molar-refractivity contribution in [2.45, 2.75) is 52.4 Å². The molecule has 9 aromatic carbocycles. The molecule has 3 nitrogen and oxygen atoms in total. The molecule has 0 fully saturated rings. The van der Waals surface area contributed by atoms with Gasteiger partial charge in [-0.05, 0) is 92.4 Å². The molecule has 0 unspecified atom stereocenters. The Morgan fingerprint density at radius 2 is 0.672 bits per heavy atom. The Hall–Kier alpha value is -7.10. The van der Waals surface area contributed by atoms with Crippen LogP contribution in [0.4, 0.5) is 5.69 Å². The number of aromatic nitrogens is 2. The van der Waals surface area contributed by atoms with Crippen molar-refractivity contribution in [1.82, 2.24) is 9.13 Å². The van der Waals surface area contributed by atoms with Crippen molar-refractivity contribution < 1.29 is 0 Å². The van der Waals surface area contributed by atoms with Gasteiger partial charge in [-0.3, -0.25) is 0 Å². The second-order valence-electron chi connectivity index (χ2n) is 18.8. The number of para-hydroxylation sites is 3. The van der Waals surface area contributed by atoms with Crippen LogP contribution in [0.15, 0.2) is 176 Å². The van der Waals surface area contributed by atoms with Gasteiger partial charge >= 0.3 is 0 Å². The van der Waals surface area contributed by atoms with E-state index >= 15 is 0 Å². The first-order chi connectivity index (χ1) is 29.5. The summed E-state index contributed by atoms with van der Waals surface area (Å²) in [4.78, 5) is 0. The molecular weight excluding hydrogens is 739 g/mol. The maximum Gasteiger partial charge on any atom is 0.0619 e. The fourth-order valence-electron chi connectivity index (χ4n) is 9.88. The van der Waals surface area contributed by atoms with Crippen molar-refractivity contribution in [1.29, 1.82) is 0 Å². The quantitative estimate of drug-likeness (QED) is 0.177. The Morgan fingerprint density at radius 3 is 1.05 bits per heavy atom. The standard InChI is InChI=1S/C58H49N3/c1-57(2,3)36-26-30-38(31-27-36)60-52-24-13-11-18-42(52)50-34-48(40-16-7-9-20-46(40)55(50)60)44-22-15-23-45(54(44)59)49-35-51-43-19-12-14-25-53(43)61(56(51)47-21-10-8-17-41(47)49)39-32-28-37(29-33-39)58(4,5)6/h7-35H,59H2,1-6H3. The molecular formula is C58H49N3. The summed E-state index contributed by atoms with van der Waals surface area (Å²) in [6, 6.07) is 64.8. The molecule has 0 saturated heterocycles. The lowest BCUT2D eigenvalue weighted by Gasteiger charge is -2.20. The van der Waals surface area contributed by atoms with E-state index in [9.17, 15) is 0 Å². The SMILES string of the molecule is CC(C)(C)c1ccc(-n2c3ccccc3c3cc(-c4cccc(-c5cc6c7ccccc7n(-c7ccc(C(C)(C)C)cc7)c6c6ccccc56)c4N)c4ccccc4c32)cc1. The number of fused-ring (bicyclic) bond motifs is 10. The zero-order valence-corrected chi connectivity index (χ0v) is 35.7. The average molecular weight is 788 g/mol. The van der Waals surface area contributed by atoms with E-state index in [0.29, 0.717) is 0 Å². The highest BCUT2D eigenvalue weighted by atomic mass is 15.0. The highest BCUT2D eigenvalue weighted by Crippen LogP contribution is 2.47. The van der Waals surface area contributed by atoms with Crippen LogP contribution in [0.5, 0.6) is 0 Å². The Balaban J connectivity index is 1.15. The van der Waals surface area contributed by atoms with Gasteiger partial charge in [0.2, 0.25) is 0 Å².